The average molecular weight is 354 g/mol. The van der Waals surface area contributed by atoms with E-state index in [-0.39, 0.29) is 11.8 Å². The molecule has 0 aromatic carbocycles. The molecule has 1 aliphatic heterocycles. The molecule has 0 unspecified atom stereocenters. The summed E-state index contributed by atoms with van der Waals surface area (Å²) in [5.41, 5.74) is 0. The number of hydrogen-bond donors (Lipinski definition) is 1. The molecule has 12 heteroatoms. The van der Waals surface area contributed by atoms with E-state index in [1.54, 1.807) is 13.0 Å². The van der Waals surface area contributed by atoms with Crippen molar-refractivity contribution in [2.75, 3.05) is 29.6 Å². The Morgan fingerprint density at radius 1 is 1.38 bits per heavy atom. The quantitative estimate of drug-likeness (QED) is 0.801. The van der Waals surface area contributed by atoms with Crippen LogP contribution in [0.5, 0.6) is 0 Å². The van der Waals surface area contributed by atoms with Crippen LogP contribution >= 0.6 is 0 Å². The predicted molar refractivity (Wildman–Crippen MR) is 80.2 cm³/mol. The first-order valence-electron chi connectivity index (χ1n) is 6.92. The molecule has 11 nitrogen and oxygen atoms in total. The number of ether oxygens (including phenoxy) is 1. The first kappa shape index (κ1) is 16.1. The maximum Gasteiger partial charge on any atom is 0.415 e. The van der Waals surface area contributed by atoms with Gasteiger partial charge in [-0.05, 0) is 13.0 Å². The Kier molecular flexibility index (Phi) is 4.05. The molecule has 1 N–H and O–H groups in total. The Morgan fingerprint density at radius 2 is 2.17 bits per heavy atom. The summed E-state index contributed by atoms with van der Waals surface area (Å²) in [6, 6.07) is 1.05. The number of cyclic esters (lactones) is 1. The van der Waals surface area contributed by atoms with Crippen LogP contribution in [0.15, 0.2) is 21.9 Å². The monoisotopic (exact) mass is 354 g/mol. The van der Waals surface area contributed by atoms with Gasteiger partial charge >= 0.3 is 11.3 Å². The molecule has 0 radical (unpaired) electrons. The number of anilines is 2. The van der Waals surface area contributed by atoms with Gasteiger partial charge in [-0.2, -0.15) is 4.98 Å². The lowest BCUT2D eigenvalue weighted by Crippen LogP contribution is -2.25. The van der Waals surface area contributed by atoms with Gasteiger partial charge in [0.25, 0.3) is 0 Å². The minimum Gasteiger partial charge on any atom is -0.447 e. The lowest BCUT2D eigenvalue weighted by Gasteiger charge is -2.14. The van der Waals surface area contributed by atoms with E-state index in [9.17, 15) is 13.2 Å². The summed E-state index contributed by atoms with van der Waals surface area (Å²) in [7, 11) is -3.57. The molecule has 0 aliphatic carbocycles. The van der Waals surface area contributed by atoms with Crippen LogP contribution in [0, 0.1) is 0 Å². The average Bonchev–Trinajstić information content (AvgIpc) is 3.15. The number of nitrogens with one attached hydrogen (secondary N) is 1. The zero-order valence-corrected chi connectivity index (χ0v) is 13.6. The van der Waals surface area contributed by atoms with E-state index in [2.05, 4.69) is 25.5 Å². The molecule has 1 aliphatic rings. The van der Waals surface area contributed by atoms with Crippen LogP contribution in [0.2, 0.25) is 0 Å². The van der Waals surface area contributed by atoms with Gasteiger partial charge in [-0.3, -0.25) is 4.90 Å². The highest BCUT2D eigenvalue weighted by Crippen LogP contribution is 2.20. The molecular formula is C12H14N6O5S. The van der Waals surface area contributed by atoms with Crippen molar-refractivity contribution in [1.82, 2.24) is 20.2 Å². The fourth-order valence-electron chi connectivity index (χ4n) is 1.97. The van der Waals surface area contributed by atoms with Crippen LogP contribution in [0.3, 0.4) is 0 Å². The molecule has 0 saturated carbocycles. The van der Waals surface area contributed by atoms with Crippen LogP contribution in [0.4, 0.5) is 16.6 Å². The maximum absolute atomic E-state index is 11.6. The van der Waals surface area contributed by atoms with Gasteiger partial charge in [-0.1, -0.05) is 5.10 Å². The summed E-state index contributed by atoms with van der Waals surface area (Å²) in [6.45, 7) is 2.39. The van der Waals surface area contributed by atoms with Crippen LogP contribution < -0.4 is 10.2 Å². The zero-order chi connectivity index (χ0) is 17.3. The number of carbonyl (C=O) groups is 1. The highest BCUT2D eigenvalue weighted by molar-refractivity contribution is 7.90. The van der Waals surface area contributed by atoms with Gasteiger partial charge in [0.2, 0.25) is 21.7 Å². The van der Waals surface area contributed by atoms with E-state index >= 15 is 0 Å². The Balaban J connectivity index is 1.76. The molecule has 1 amide bonds. The van der Waals surface area contributed by atoms with E-state index in [0.717, 1.165) is 6.26 Å². The van der Waals surface area contributed by atoms with Crippen molar-refractivity contribution in [2.45, 2.75) is 18.2 Å². The summed E-state index contributed by atoms with van der Waals surface area (Å²) < 4.78 is 32.7. The predicted octanol–water partition coefficient (Wildman–Crippen LogP) is 0.393. The molecule has 1 saturated heterocycles. The Morgan fingerprint density at radius 3 is 2.79 bits per heavy atom. The number of rotatable bonds is 5. The molecule has 0 spiro atoms. The number of hydrogen-bond acceptors (Lipinski definition) is 10. The molecule has 2 aromatic heterocycles. The van der Waals surface area contributed by atoms with E-state index < -0.39 is 27.2 Å². The molecule has 24 heavy (non-hydrogen) atoms. The van der Waals surface area contributed by atoms with Gasteiger partial charge in [0.05, 0.1) is 6.54 Å². The number of aromatic nitrogens is 4. The standard InChI is InChI=1S/C12H14N6O5S/c1-7(9-16-17-11(23-9)24(2,20)21)14-10-13-4-3-8(15-10)18-5-6-22-12(18)19/h3-4,7H,5-6H2,1-2H3,(H,13,14,15)/t7-/m0/s1. The third-order valence-electron chi connectivity index (χ3n) is 3.13. The van der Waals surface area contributed by atoms with Crippen molar-refractivity contribution >= 4 is 27.7 Å². The van der Waals surface area contributed by atoms with E-state index in [0.29, 0.717) is 19.0 Å². The second-order valence-electron chi connectivity index (χ2n) is 5.05. The van der Waals surface area contributed by atoms with E-state index in [4.69, 9.17) is 9.15 Å². The summed E-state index contributed by atoms with van der Waals surface area (Å²) >= 11 is 0. The number of carbonyl (C=O) groups excluding carboxylic acids is 1. The van der Waals surface area contributed by atoms with Gasteiger partial charge in [0.1, 0.15) is 18.5 Å². The van der Waals surface area contributed by atoms with Crippen molar-refractivity contribution in [2.24, 2.45) is 0 Å². The minimum atomic E-state index is -3.57. The van der Waals surface area contributed by atoms with Crippen LogP contribution in [0.1, 0.15) is 18.9 Å². The van der Waals surface area contributed by atoms with E-state index in [1.165, 1.54) is 11.1 Å². The largest absolute Gasteiger partial charge is 0.447 e. The fourth-order valence-corrected chi connectivity index (χ4v) is 2.40. The fraction of sp³-hybridized carbons (Fsp3) is 0.417. The highest BCUT2D eigenvalue weighted by atomic mass is 32.2. The molecule has 128 valence electrons. The van der Waals surface area contributed by atoms with Crippen LogP contribution in [-0.4, -0.2) is 54.1 Å². The second kappa shape index (κ2) is 6.03. The normalized spacial score (nSPS) is 16.1. The third-order valence-corrected chi connectivity index (χ3v) is 3.93. The smallest absolute Gasteiger partial charge is 0.415 e. The summed E-state index contributed by atoms with van der Waals surface area (Å²) in [5.74, 6) is 0.688. The first-order valence-corrected chi connectivity index (χ1v) is 8.81. The summed E-state index contributed by atoms with van der Waals surface area (Å²) in [4.78, 5) is 21.2. The maximum atomic E-state index is 11.6. The number of sulfone groups is 1. The van der Waals surface area contributed by atoms with Crippen molar-refractivity contribution in [3.05, 3.63) is 18.2 Å². The third kappa shape index (κ3) is 3.27. The zero-order valence-electron chi connectivity index (χ0n) is 12.8. The lowest BCUT2D eigenvalue weighted by atomic mass is 10.3. The van der Waals surface area contributed by atoms with Crippen molar-refractivity contribution in [3.63, 3.8) is 0 Å². The minimum absolute atomic E-state index is 0.0741. The number of nitrogens with zero attached hydrogens (tertiary/aromatic N) is 5. The van der Waals surface area contributed by atoms with Gasteiger partial charge in [-0.25, -0.2) is 18.2 Å². The molecular weight excluding hydrogens is 340 g/mol. The van der Waals surface area contributed by atoms with Gasteiger partial charge in [-0.15, -0.1) is 5.10 Å². The Hall–Kier alpha value is -2.76. The highest BCUT2D eigenvalue weighted by Gasteiger charge is 2.25. The molecule has 1 atom stereocenters. The molecule has 1 fully saturated rings. The number of amides is 1. The van der Waals surface area contributed by atoms with Gasteiger partial charge in [0.15, 0.2) is 0 Å². The van der Waals surface area contributed by atoms with Crippen molar-refractivity contribution in [3.8, 4) is 0 Å². The first-order chi connectivity index (χ1) is 11.3. The Bertz CT molecular complexity index is 866. The van der Waals surface area contributed by atoms with Gasteiger partial charge in [0, 0.05) is 12.5 Å². The SMILES string of the molecule is C[C@H](Nc1nccc(N2CCOC2=O)n1)c1nnc(S(C)(=O)=O)o1. The lowest BCUT2D eigenvalue weighted by molar-refractivity contribution is 0.181. The second-order valence-corrected chi connectivity index (χ2v) is 6.94. The molecule has 3 rings (SSSR count). The van der Waals surface area contributed by atoms with Crippen molar-refractivity contribution < 1.29 is 22.4 Å². The van der Waals surface area contributed by atoms with Crippen molar-refractivity contribution in [1.29, 1.82) is 0 Å². The topological polar surface area (TPSA) is 140 Å². The van der Waals surface area contributed by atoms with Gasteiger partial charge < -0.3 is 14.5 Å². The Labute approximate surface area is 137 Å². The molecule has 2 aromatic rings. The van der Waals surface area contributed by atoms with Crippen LogP contribution in [0.25, 0.3) is 0 Å². The van der Waals surface area contributed by atoms with Crippen LogP contribution in [-0.2, 0) is 14.6 Å². The summed E-state index contributed by atoms with van der Waals surface area (Å²) in [6.07, 6.45) is 1.99. The molecule has 3 heterocycles. The summed E-state index contributed by atoms with van der Waals surface area (Å²) in [5, 5.41) is 9.63. The van der Waals surface area contributed by atoms with E-state index in [1.807, 2.05) is 0 Å². The molecule has 0 bridgehead atoms.